The van der Waals surface area contributed by atoms with Crippen molar-refractivity contribution in [2.75, 3.05) is 0 Å². The fourth-order valence-electron chi connectivity index (χ4n) is 0.990. The Bertz CT molecular complexity index is 479. The van der Waals surface area contributed by atoms with Crippen LogP contribution < -0.4 is 4.72 Å². The van der Waals surface area contributed by atoms with Gasteiger partial charge in [-0.1, -0.05) is 17.7 Å². The van der Waals surface area contributed by atoms with Crippen LogP contribution >= 0.6 is 11.6 Å². The topological polar surface area (TPSA) is 63.2 Å². The largest absolute Gasteiger partial charge is 0.272 e. The normalized spacial score (nSPS) is 13.2. The number of alkyl halides is 1. The number of nitrogens with one attached hydrogen (secondary N) is 1. The van der Waals surface area contributed by atoms with Gasteiger partial charge in [-0.25, -0.2) is 13.1 Å². The highest BCUT2D eigenvalue weighted by atomic mass is 35.5. The zero-order chi connectivity index (χ0) is 12.3. The molecule has 6 heteroatoms. The predicted molar refractivity (Wildman–Crippen MR) is 61.8 cm³/mol. The first-order valence-corrected chi connectivity index (χ1v) is 6.52. The van der Waals surface area contributed by atoms with Crippen molar-refractivity contribution in [2.45, 2.75) is 24.1 Å². The first-order chi connectivity index (χ1) is 7.33. The number of rotatable bonds is 3. The summed E-state index contributed by atoms with van der Waals surface area (Å²) < 4.78 is 25.2. The van der Waals surface area contributed by atoms with E-state index < -0.39 is 21.3 Å². The minimum atomic E-state index is -3.81. The highest BCUT2D eigenvalue weighted by Crippen LogP contribution is 2.10. The Hall–Kier alpha value is -1.07. The van der Waals surface area contributed by atoms with Crippen LogP contribution in [-0.4, -0.2) is 19.7 Å². The van der Waals surface area contributed by atoms with Crippen LogP contribution in [-0.2, 0) is 14.8 Å². The molecule has 88 valence electrons. The molecule has 0 aliphatic heterocycles. The molecule has 0 aromatic heterocycles. The van der Waals surface area contributed by atoms with Crippen molar-refractivity contribution in [2.24, 2.45) is 0 Å². The number of amides is 1. The maximum Gasteiger partial charge on any atom is 0.264 e. The van der Waals surface area contributed by atoms with Crippen LogP contribution in [0.1, 0.15) is 12.5 Å². The number of carbonyl (C=O) groups is 1. The standard InChI is InChI=1S/C10H12ClNO3S/c1-7-3-5-9(6-4-7)16(14,15)12-10(13)8(2)11/h3-6,8H,1-2H3,(H,12,13). The lowest BCUT2D eigenvalue weighted by Gasteiger charge is -2.07. The van der Waals surface area contributed by atoms with Gasteiger partial charge in [0.15, 0.2) is 0 Å². The summed E-state index contributed by atoms with van der Waals surface area (Å²) >= 11 is 5.47. The highest BCUT2D eigenvalue weighted by Gasteiger charge is 2.19. The molecule has 0 radical (unpaired) electrons. The van der Waals surface area contributed by atoms with Gasteiger partial charge in [-0.2, -0.15) is 0 Å². The maximum atomic E-state index is 11.7. The quantitative estimate of drug-likeness (QED) is 0.837. The third-order valence-corrected chi connectivity index (χ3v) is 3.49. The maximum absolute atomic E-state index is 11.7. The summed E-state index contributed by atoms with van der Waals surface area (Å²) in [6.07, 6.45) is 0. The minimum Gasteiger partial charge on any atom is -0.272 e. The molecule has 1 N–H and O–H groups in total. The Morgan fingerprint density at radius 2 is 1.81 bits per heavy atom. The van der Waals surface area contributed by atoms with Crippen LogP contribution in [0, 0.1) is 6.92 Å². The molecule has 0 aliphatic carbocycles. The number of hydrogen-bond acceptors (Lipinski definition) is 3. The molecule has 0 saturated heterocycles. The van der Waals surface area contributed by atoms with E-state index in [1.54, 1.807) is 12.1 Å². The number of halogens is 1. The van der Waals surface area contributed by atoms with Crippen LogP contribution in [0.4, 0.5) is 0 Å². The number of hydrogen-bond donors (Lipinski definition) is 1. The van der Waals surface area contributed by atoms with Gasteiger partial charge in [-0.05, 0) is 26.0 Å². The Balaban J connectivity index is 2.95. The minimum absolute atomic E-state index is 0.0452. The van der Waals surface area contributed by atoms with Gasteiger partial charge in [0.1, 0.15) is 5.38 Å². The molecule has 0 heterocycles. The second kappa shape index (κ2) is 4.84. The van der Waals surface area contributed by atoms with E-state index in [-0.39, 0.29) is 4.90 Å². The molecule has 0 fully saturated rings. The molecular weight excluding hydrogens is 250 g/mol. The number of carbonyl (C=O) groups excluding carboxylic acids is 1. The lowest BCUT2D eigenvalue weighted by atomic mass is 10.2. The molecule has 1 rings (SSSR count). The Morgan fingerprint density at radius 3 is 2.25 bits per heavy atom. The van der Waals surface area contributed by atoms with E-state index in [1.165, 1.54) is 19.1 Å². The van der Waals surface area contributed by atoms with Crippen LogP contribution in [0.15, 0.2) is 29.2 Å². The molecule has 1 aromatic carbocycles. The van der Waals surface area contributed by atoms with E-state index >= 15 is 0 Å². The SMILES string of the molecule is Cc1ccc(S(=O)(=O)NC(=O)C(C)Cl)cc1. The van der Waals surface area contributed by atoms with Crippen molar-refractivity contribution in [3.63, 3.8) is 0 Å². The molecule has 16 heavy (non-hydrogen) atoms. The van der Waals surface area contributed by atoms with Crippen molar-refractivity contribution in [1.82, 2.24) is 4.72 Å². The third-order valence-electron chi connectivity index (χ3n) is 1.93. The smallest absolute Gasteiger partial charge is 0.264 e. The lowest BCUT2D eigenvalue weighted by molar-refractivity contribution is -0.118. The molecular formula is C10H12ClNO3S. The Labute approximate surface area is 99.7 Å². The summed E-state index contributed by atoms with van der Waals surface area (Å²) in [4.78, 5) is 11.2. The van der Waals surface area contributed by atoms with Gasteiger partial charge < -0.3 is 0 Å². The molecule has 0 saturated carbocycles. The summed E-state index contributed by atoms with van der Waals surface area (Å²) in [6, 6.07) is 6.18. The number of sulfonamides is 1. The molecule has 0 spiro atoms. The van der Waals surface area contributed by atoms with Crippen LogP contribution in [0.3, 0.4) is 0 Å². The van der Waals surface area contributed by atoms with Crippen molar-refractivity contribution in [3.8, 4) is 0 Å². The van der Waals surface area contributed by atoms with Crippen molar-refractivity contribution in [3.05, 3.63) is 29.8 Å². The number of benzene rings is 1. The third kappa shape index (κ3) is 3.21. The average Bonchev–Trinajstić information content (AvgIpc) is 2.17. The predicted octanol–water partition coefficient (Wildman–Crippen LogP) is 1.43. The zero-order valence-electron chi connectivity index (χ0n) is 8.90. The van der Waals surface area contributed by atoms with E-state index in [1.807, 2.05) is 11.6 Å². The first-order valence-electron chi connectivity index (χ1n) is 4.60. The van der Waals surface area contributed by atoms with E-state index in [2.05, 4.69) is 0 Å². The fourth-order valence-corrected chi connectivity index (χ4v) is 2.16. The molecule has 4 nitrogen and oxygen atoms in total. The molecule has 1 aromatic rings. The average molecular weight is 262 g/mol. The summed E-state index contributed by atoms with van der Waals surface area (Å²) in [5.41, 5.74) is 0.941. The van der Waals surface area contributed by atoms with Crippen LogP contribution in [0.2, 0.25) is 0 Å². The van der Waals surface area contributed by atoms with Crippen molar-refractivity contribution in [1.29, 1.82) is 0 Å². The van der Waals surface area contributed by atoms with Gasteiger partial charge in [0.2, 0.25) is 0 Å². The lowest BCUT2D eigenvalue weighted by Crippen LogP contribution is -2.35. The summed E-state index contributed by atoms with van der Waals surface area (Å²) in [6.45, 7) is 3.25. The highest BCUT2D eigenvalue weighted by molar-refractivity contribution is 7.90. The monoisotopic (exact) mass is 261 g/mol. The fraction of sp³-hybridized carbons (Fsp3) is 0.300. The van der Waals surface area contributed by atoms with Gasteiger partial charge in [0.05, 0.1) is 4.90 Å². The van der Waals surface area contributed by atoms with Crippen molar-refractivity contribution >= 4 is 27.5 Å². The molecule has 1 atom stereocenters. The second-order valence-electron chi connectivity index (χ2n) is 3.40. The second-order valence-corrected chi connectivity index (χ2v) is 5.74. The first kappa shape index (κ1) is 13.0. The summed E-state index contributed by atoms with van der Waals surface area (Å²) in [5.74, 6) is -0.734. The molecule has 1 amide bonds. The summed E-state index contributed by atoms with van der Waals surface area (Å²) in [7, 11) is -3.81. The van der Waals surface area contributed by atoms with E-state index in [0.717, 1.165) is 5.56 Å². The Kier molecular flexibility index (Phi) is 3.93. The van der Waals surface area contributed by atoms with Gasteiger partial charge in [-0.15, -0.1) is 11.6 Å². The van der Waals surface area contributed by atoms with Gasteiger partial charge >= 0.3 is 0 Å². The molecule has 1 unspecified atom stereocenters. The van der Waals surface area contributed by atoms with Gasteiger partial charge in [0.25, 0.3) is 15.9 Å². The van der Waals surface area contributed by atoms with Crippen LogP contribution in [0.5, 0.6) is 0 Å². The van der Waals surface area contributed by atoms with E-state index in [9.17, 15) is 13.2 Å². The number of aryl methyl sites for hydroxylation is 1. The Morgan fingerprint density at radius 1 is 1.31 bits per heavy atom. The van der Waals surface area contributed by atoms with Gasteiger partial charge in [-0.3, -0.25) is 4.79 Å². The van der Waals surface area contributed by atoms with E-state index in [4.69, 9.17) is 11.6 Å². The molecule has 0 bridgehead atoms. The zero-order valence-corrected chi connectivity index (χ0v) is 10.5. The van der Waals surface area contributed by atoms with Crippen molar-refractivity contribution < 1.29 is 13.2 Å². The molecule has 0 aliphatic rings. The summed E-state index contributed by atoms with van der Waals surface area (Å²) in [5, 5.41) is -0.889. The van der Waals surface area contributed by atoms with Gasteiger partial charge in [0, 0.05) is 0 Å². The van der Waals surface area contributed by atoms with E-state index in [0.29, 0.717) is 0 Å². The van der Waals surface area contributed by atoms with Crippen LogP contribution in [0.25, 0.3) is 0 Å².